The molecule has 0 amide bonds. The molecule has 6 heteroatoms. The maximum atomic E-state index is 14.9. The van der Waals surface area contributed by atoms with Gasteiger partial charge in [-0.3, -0.25) is 0 Å². The number of rotatable bonds is 3. The maximum absolute atomic E-state index is 14.9. The van der Waals surface area contributed by atoms with Gasteiger partial charge in [0.15, 0.2) is 0 Å². The number of halogens is 6. The summed E-state index contributed by atoms with van der Waals surface area (Å²) in [6.45, 7) is 2.03. The lowest BCUT2D eigenvalue weighted by molar-refractivity contribution is -0.188. The van der Waals surface area contributed by atoms with E-state index in [2.05, 4.69) is 24.3 Å². The second-order valence-electron chi connectivity index (χ2n) is 11.0. The molecular formula is C32H26F6. The number of fused-ring (bicyclic) bond motifs is 4. The number of hydrogen-bond donors (Lipinski definition) is 0. The van der Waals surface area contributed by atoms with Crippen LogP contribution >= 0.6 is 0 Å². The van der Waals surface area contributed by atoms with Crippen LogP contribution in [-0.4, -0.2) is 12.4 Å². The van der Waals surface area contributed by atoms with Crippen molar-refractivity contribution in [3.8, 4) is 0 Å². The summed E-state index contributed by atoms with van der Waals surface area (Å²) in [6.07, 6.45) is -0.199. The van der Waals surface area contributed by atoms with Gasteiger partial charge in [-0.2, -0.15) is 26.3 Å². The maximum Gasteiger partial charge on any atom is 0.402 e. The molecule has 38 heavy (non-hydrogen) atoms. The third-order valence-corrected chi connectivity index (χ3v) is 9.04. The first-order valence-corrected chi connectivity index (χ1v) is 12.7. The van der Waals surface area contributed by atoms with Crippen LogP contribution in [0.4, 0.5) is 26.3 Å². The van der Waals surface area contributed by atoms with Crippen LogP contribution in [0, 0.1) is 0 Å². The highest BCUT2D eigenvalue weighted by molar-refractivity contribution is 5.70. The summed E-state index contributed by atoms with van der Waals surface area (Å²) >= 11 is 0. The van der Waals surface area contributed by atoms with Crippen molar-refractivity contribution >= 4 is 12.2 Å². The third-order valence-electron chi connectivity index (χ3n) is 9.04. The molecule has 0 radical (unpaired) electrons. The Balaban J connectivity index is 1.46. The van der Waals surface area contributed by atoms with Crippen LogP contribution in [0.25, 0.3) is 12.2 Å². The summed E-state index contributed by atoms with van der Waals surface area (Å²) in [5.74, 6) is 0.0466. The number of allylic oxidation sites excluding steroid dienone is 2. The Bertz CT molecular complexity index is 1490. The molecular weight excluding hydrogens is 498 g/mol. The van der Waals surface area contributed by atoms with Crippen LogP contribution in [0.3, 0.4) is 0 Å². The van der Waals surface area contributed by atoms with Crippen molar-refractivity contribution in [2.45, 2.75) is 61.7 Å². The highest BCUT2D eigenvalue weighted by Crippen LogP contribution is 2.61. The van der Waals surface area contributed by atoms with Gasteiger partial charge in [0.05, 0.1) is 0 Å². The highest BCUT2D eigenvalue weighted by Gasteiger charge is 2.65. The third kappa shape index (κ3) is 3.31. The number of benzene rings is 3. The van der Waals surface area contributed by atoms with Crippen molar-refractivity contribution in [2.75, 3.05) is 0 Å². The van der Waals surface area contributed by atoms with Gasteiger partial charge in [0.2, 0.25) is 0 Å². The lowest BCUT2D eigenvalue weighted by Gasteiger charge is -2.48. The molecule has 3 aromatic carbocycles. The van der Waals surface area contributed by atoms with E-state index in [1.165, 1.54) is 47.5 Å². The Labute approximate surface area is 217 Å². The zero-order valence-electron chi connectivity index (χ0n) is 20.9. The molecule has 0 saturated heterocycles. The standard InChI is InChI=1S/C32H26F6/c1-29(31(33,34)35)25-9-5-6-10-26(25)30(2,32(36,37)38)28-18-24-21(15-16-22(24)17-27(28)29)14-13-20-12-11-19-7-3-4-8-23(19)20/h3-12,15-18,20-21H,13-14H2,1-2H3. The van der Waals surface area contributed by atoms with Gasteiger partial charge in [0.1, 0.15) is 10.8 Å². The zero-order valence-corrected chi connectivity index (χ0v) is 20.9. The van der Waals surface area contributed by atoms with Crippen molar-refractivity contribution in [1.82, 2.24) is 0 Å². The van der Waals surface area contributed by atoms with E-state index in [4.69, 9.17) is 0 Å². The molecule has 3 aliphatic rings. The van der Waals surface area contributed by atoms with Gasteiger partial charge >= 0.3 is 12.4 Å². The molecule has 196 valence electrons. The lowest BCUT2D eigenvalue weighted by Crippen LogP contribution is -2.52. The van der Waals surface area contributed by atoms with Crippen LogP contribution in [0.15, 0.2) is 72.8 Å². The molecule has 0 bridgehead atoms. The van der Waals surface area contributed by atoms with Gasteiger partial charge in [0, 0.05) is 11.8 Å². The molecule has 0 fully saturated rings. The second kappa shape index (κ2) is 8.11. The van der Waals surface area contributed by atoms with E-state index in [0.29, 0.717) is 17.5 Å². The summed E-state index contributed by atoms with van der Waals surface area (Å²) in [5, 5.41) is 0. The van der Waals surface area contributed by atoms with Crippen LogP contribution in [0.1, 0.15) is 83.0 Å². The molecule has 3 aliphatic carbocycles. The second-order valence-corrected chi connectivity index (χ2v) is 11.0. The van der Waals surface area contributed by atoms with E-state index in [9.17, 15) is 26.3 Å². The first-order chi connectivity index (χ1) is 17.9. The Kier molecular flexibility index (Phi) is 5.34. The van der Waals surface area contributed by atoms with Crippen molar-refractivity contribution in [2.24, 2.45) is 0 Å². The predicted octanol–water partition coefficient (Wildman–Crippen LogP) is 9.44. The quantitative estimate of drug-likeness (QED) is 0.300. The average Bonchev–Trinajstić information content (AvgIpc) is 3.47. The predicted molar refractivity (Wildman–Crippen MR) is 137 cm³/mol. The molecule has 0 N–H and O–H groups in total. The Morgan fingerprint density at radius 1 is 0.579 bits per heavy atom. The lowest BCUT2D eigenvalue weighted by atomic mass is 9.57. The summed E-state index contributed by atoms with van der Waals surface area (Å²) in [5.41, 5.74) is -2.82. The molecule has 6 rings (SSSR count). The minimum Gasteiger partial charge on any atom is -0.170 e. The summed E-state index contributed by atoms with van der Waals surface area (Å²) in [4.78, 5) is 0. The largest absolute Gasteiger partial charge is 0.402 e. The fraction of sp³-hybridized carbons (Fsp3) is 0.312. The molecule has 0 aliphatic heterocycles. The molecule has 0 nitrogen and oxygen atoms in total. The fourth-order valence-electron chi connectivity index (χ4n) is 6.69. The van der Waals surface area contributed by atoms with Gasteiger partial charge in [-0.25, -0.2) is 0 Å². The Hall–Kier alpha value is -3.28. The minimum absolute atomic E-state index is 0.164. The first kappa shape index (κ1) is 25.0. The van der Waals surface area contributed by atoms with Crippen LogP contribution in [0.5, 0.6) is 0 Å². The minimum atomic E-state index is -4.79. The van der Waals surface area contributed by atoms with E-state index in [1.807, 2.05) is 18.2 Å². The monoisotopic (exact) mass is 524 g/mol. The van der Waals surface area contributed by atoms with E-state index in [1.54, 1.807) is 6.08 Å². The van der Waals surface area contributed by atoms with Crippen LogP contribution in [0.2, 0.25) is 0 Å². The van der Waals surface area contributed by atoms with Crippen molar-refractivity contribution in [3.05, 3.63) is 117 Å². The topological polar surface area (TPSA) is 0 Å². The van der Waals surface area contributed by atoms with Gasteiger partial charge in [-0.15, -0.1) is 0 Å². The van der Waals surface area contributed by atoms with E-state index < -0.39 is 23.2 Å². The zero-order chi connectivity index (χ0) is 27.1. The number of hydrogen-bond acceptors (Lipinski definition) is 0. The van der Waals surface area contributed by atoms with Crippen molar-refractivity contribution in [3.63, 3.8) is 0 Å². The van der Waals surface area contributed by atoms with Gasteiger partial charge in [0.25, 0.3) is 0 Å². The summed E-state index contributed by atoms with van der Waals surface area (Å²) in [6, 6.07) is 16.0. The van der Waals surface area contributed by atoms with Crippen LogP contribution in [-0.2, 0) is 10.8 Å². The average molecular weight is 525 g/mol. The van der Waals surface area contributed by atoms with E-state index in [-0.39, 0.29) is 34.1 Å². The van der Waals surface area contributed by atoms with Gasteiger partial charge < -0.3 is 0 Å². The molecule has 0 spiro atoms. The van der Waals surface area contributed by atoms with E-state index in [0.717, 1.165) is 20.3 Å². The van der Waals surface area contributed by atoms with Crippen molar-refractivity contribution in [1.29, 1.82) is 0 Å². The highest BCUT2D eigenvalue weighted by atomic mass is 19.4. The first-order valence-electron chi connectivity index (χ1n) is 12.7. The summed E-state index contributed by atoms with van der Waals surface area (Å²) in [7, 11) is 0. The van der Waals surface area contributed by atoms with Crippen LogP contribution < -0.4 is 0 Å². The van der Waals surface area contributed by atoms with E-state index >= 15 is 0 Å². The van der Waals surface area contributed by atoms with Gasteiger partial charge in [-0.05, 0) is 77.3 Å². The summed E-state index contributed by atoms with van der Waals surface area (Å²) < 4.78 is 88.9. The molecule has 0 heterocycles. The Morgan fingerprint density at radius 3 is 1.63 bits per heavy atom. The van der Waals surface area contributed by atoms with Gasteiger partial charge in [-0.1, -0.05) is 78.9 Å². The SMILES string of the molecule is CC1(C(F)(F)F)c2ccccc2C(C)(C(F)(F)F)c2cc3c(cc21)C=CC3CCC1C=Cc2ccccc21. The molecule has 0 aromatic heterocycles. The van der Waals surface area contributed by atoms with Crippen molar-refractivity contribution < 1.29 is 26.3 Å². The fourth-order valence-corrected chi connectivity index (χ4v) is 6.69. The molecule has 3 aromatic rings. The Morgan fingerprint density at radius 2 is 1.05 bits per heavy atom. The smallest absolute Gasteiger partial charge is 0.170 e. The number of alkyl halides is 6. The normalized spacial score (nSPS) is 27.2. The molecule has 4 atom stereocenters. The molecule has 0 saturated carbocycles. The molecule has 4 unspecified atom stereocenters.